The van der Waals surface area contributed by atoms with Crippen LogP contribution < -0.4 is 0 Å². The molecule has 0 spiro atoms. The maximum atomic E-state index is 9.69. The van der Waals surface area contributed by atoms with Crippen LogP contribution >= 0.6 is 0 Å². The summed E-state index contributed by atoms with van der Waals surface area (Å²) in [7, 11) is 2.16. The summed E-state index contributed by atoms with van der Waals surface area (Å²) < 4.78 is 1.87. The zero-order valence-corrected chi connectivity index (χ0v) is 11.2. The number of aromatic hydroxyl groups is 1. The highest BCUT2D eigenvalue weighted by Crippen LogP contribution is 2.16. The van der Waals surface area contributed by atoms with Gasteiger partial charge in [0.05, 0.1) is 0 Å². The molecule has 0 saturated carbocycles. The summed E-state index contributed by atoms with van der Waals surface area (Å²) in [4.78, 5) is 4.80. The van der Waals surface area contributed by atoms with E-state index in [4.69, 9.17) is 0 Å². The average Bonchev–Trinajstić information content (AvgIpc) is 2.83. The molecule has 6 heteroatoms. The Balaban J connectivity index is 1.67. The first-order valence-corrected chi connectivity index (χ1v) is 6.66. The van der Waals surface area contributed by atoms with E-state index in [-0.39, 0.29) is 5.75 Å². The quantitative estimate of drug-likeness (QED) is 0.857. The average molecular weight is 261 g/mol. The lowest BCUT2D eigenvalue weighted by atomic mass is 10.3. The van der Waals surface area contributed by atoms with Crippen molar-refractivity contribution in [2.75, 3.05) is 39.8 Å². The van der Waals surface area contributed by atoms with Gasteiger partial charge in [-0.1, -0.05) is 0 Å². The summed E-state index contributed by atoms with van der Waals surface area (Å²) >= 11 is 0. The first kappa shape index (κ1) is 12.4. The lowest BCUT2D eigenvalue weighted by molar-refractivity contribution is 0.155. The summed E-state index contributed by atoms with van der Waals surface area (Å²) in [6, 6.07) is 3.44. The molecular weight excluding hydrogens is 242 g/mol. The Labute approximate surface area is 112 Å². The Kier molecular flexibility index (Phi) is 3.35. The van der Waals surface area contributed by atoms with Gasteiger partial charge in [0, 0.05) is 45.3 Å². The van der Waals surface area contributed by atoms with E-state index < -0.39 is 0 Å². The molecule has 1 N–H and O–H groups in total. The minimum Gasteiger partial charge on any atom is -0.504 e. The van der Waals surface area contributed by atoms with E-state index in [9.17, 15) is 5.11 Å². The van der Waals surface area contributed by atoms with Crippen LogP contribution in [0.15, 0.2) is 18.3 Å². The summed E-state index contributed by atoms with van der Waals surface area (Å²) in [6.07, 6.45) is 2.75. The summed E-state index contributed by atoms with van der Waals surface area (Å²) in [5.41, 5.74) is 0.538. The third-order valence-corrected chi connectivity index (χ3v) is 3.73. The second-order valence-electron chi connectivity index (χ2n) is 5.10. The van der Waals surface area contributed by atoms with E-state index in [2.05, 4.69) is 27.0 Å². The Bertz CT molecular complexity index is 559. The molecule has 1 aliphatic rings. The van der Waals surface area contributed by atoms with Gasteiger partial charge in [-0.05, 0) is 19.2 Å². The minimum absolute atomic E-state index is 0.181. The predicted octanol–water partition coefficient (Wildman–Crippen LogP) is 0.225. The van der Waals surface area contributed by atoms with E-state index in [1.807, 2.05) is 16.7 Å². The van der Waals surface area contributed by atoms with Gasteiger partial charge in [-0.3, -0.25) is 4.40 Å². The van der Waals surface area contributed by atoms with Gasteiger partial charge in [0.15, 0.2) is 5.75 Å². The van der Waals surface area contributed by atoms with E-state index in [1.54, 1.807) is 6.07 Å². The van der Waals surface area contributed by atoms with Crippen LogP contribution in [0.1, 0.15) is 5.82 Å². The molecule has 102 valence electrons. The highest BCUT2D eigenvalue weighted by molar-refractivity contribution is 5.51. The number of hydrogen-bond acceptors (Lipinski definition) is 5. The highest BCUT2D eigenvalue weighted by Gasteiger charge is 2.15. The number of aromatic nitrogens is 3. The topological polar surface area (TPSA) is 56.9 Å². The molecule has 6 nitrogen and oxygen atoms in total. The monoisotopic (exact) mass is 261 g/mol. The number of nitrogens with zero attached hydrogens (tertiary/aromatic N) is 5. The normalized spacial score (nSPS) is 18.2. The van der Waals surface area contributed by atoms with Crippen molar-refractivity contribution in [3.63, 3.8) is 0 Å². The molecule has 3 rings (SSSR count). The molecule has 2 aromatic rings. The van der Waals surface area contributed by atoms with Crippen LogP contribution in [0.3, 0.4) is 0 Å². The molecule has 2 aromatic heterocycles. The molecule has 0 unspecified atom stereocenters. The van der Waals surface area contributed by atoms with Crippen molar-refractivity contribution in [2.45, 2.75) is 6.42 Å². The Hall–Kier alpha value is -1.66. The van der Waals surface area contributed by atoms with Crippen LogP contribution in [0.2, 0.25) is 0 Å². The van der Waals surface area contributed by atoms with Gasteiger partial charge < -0.3 is 14.9 Å². The zero-order chi connectivity index (χ0) is 13.2. The smallest absolute Gasteiger partial charge is 0.203 e. The van der Waals surface area contributed by atoms with Gasteiger partial charge >= 0.3 is 0 Å². The fourth-order valence-corrected chi connectivity index (χ4v) is 2.45. The van der Waals surface area contributed by atoms with E-state index in [0.29, 0.717) is 5.65 Å². The van der Waals surface area contributed by atoms with Crippen molar-refractivity contribution in [3.05, 3.63) is 24.2 Å². The lowest BCUT2D eigenvalue weighted by Gasteiger charge is -2.32. The summed E-state index contributed by atoms with van der Waals surface area (Å²) in [6.45, 7) is 5.46. The number of piperazine rings is 1. The zero-order valence-electron chi connectivity index (χ0n) is 11.2. The molecular formula is C13H19N5O. The molecule has 1 aliphatic heterocycles. The van der Waals surface area contributed by atoms with Crippen molar-refractivity contribution in [3.8, 4) is 5.75 Å². The molecule has 0 radical (unpaired) electrons. The van der Waals surface area contributed by atoms with Crippen molar-refractivity contribution in [1.29, 1.82) is 0 Å². The fourth-order valence-electron chi connectivity index (χ4n) is 2.45. The van der Waals surface area contributed by atoms with Gasteiger partial charge in [-0.15, -0.1) is 10.2 Å². The molecule has 19 heavy (non-hydrogen) atoms. The number of fused-ring (bicyclic) bond motifs is 1. The van der Waals surface area contributed by atoms with Gasteiger partial charge in [0.2, 0.25) is 5.65 Å². The molecule has 1 saturated heterocycles. The molecule has 0 bridgehead atoms. The van der Waals surface area contributed by atoms with Crippen LogP contribution in [0.5, 0.6) is 5.75 Å². The van der Waals surface area contributed by atoms with Crippen molar-refractivity contribution >= 4 is 5.65 Å². The molecule has 0 amide bonds. The summed E-state index contributed by atoms with van der Waals surface area (Å²) in [5.74, 6) is 1.09. The Morgan fingerprint density at radius 2 is 2.00 bits per heavy atom. The third kappa shape index (κ3) is 2.54. The van der Waals surface area contributed by atoms with E-state index >= 15 is 0 Å². The lowest BCUT2D eigenvalue weighted by Crippen LogP contribution is -2.45. The first-order valence-electron chi connectivity index (χ1n) is 6.66. The predicted molar refractivity (Wildman–Crippen MR) is 72.3 cm³/mol. The standard InChI is InChI=1S/C13H19N5O/c1-16-7-9-17(10-8-16)6-4-12-14-15-13-11(19)3-2-5-18(12)13/h2-3,5,19H,4,6-10H2,1H3. The number of hydrogen-bond donors (Lipinski definition) is 1. The second-order valence-corrected chi connectivity index (χ2v) is 5.10. The molecule has 0 atom stereocenters. The number of rotatable bonds is 3. The van der Waals surface area contributed by atoms with E-state index in [0.717, 1.165) is 45.0 Å². The van der Waals surface area contributed by atoms with Gasteiger partial charge in [0.25, 0.3) is 0 Å². The first-order chi connectivity index (χ1) is 9.24. The van der Waals surface area contributed by atoms with Crippen molar-refractivity contribution in [1.82, 2.24) is 24.4 Å². The van der Waals surface area contributed by atoms with Crippen LogP contribution in [0.25, 0.3) is 5.65 Å². The Morgan fingerprint density at radius 3 is 2.79 bits per heavy atom. The fraction of sp³-hybridized carbons (Fsp3) is 0.538. The highest BCUT2D eigenvalue weighted by atomic mass is 16.3. The van der Waals surface area contributed by atoms with Gasteiger partial charge in [-0.25, -0.2) is 0 Å². The maximum Gasteiger partial charge on any atom is 0.203 e. The third-order valence-electron chi connectivity index (χ3n) is 3.73. The maximum absolute atomic E-state index is 9.69. The SMILES string of the molecule is CN1CCN(CCc2nnc3c(O)cccn23)CC1. The molecule has 3 heterocycles. The second kappa shape index (κ2) is 5.14. The van der Waals surface area contributed by atoms with Crippen LogP contribution in [0, 0.1) is 0 Å². The molecule has 0 aromatic carbocycles. The summed E-state index contributed by atoms with van der Waals surface area (Å²) in [5, 5.41) is 17.9. The van der Waals surface area contributed by atoms with Crippen LogP contribution in [-0.2, 0) is 6.42 Å². The number of likely N-dealkylation sites (N-methyl/N-ethyl adjacent to an activating group) is 1. The molecule has 1 fully saturated rings. The van der Waals surface area contributed by atoms with Gasteiger partial charge in [-0.2, -0.15) is 0 Å². The van der Waals surface area contributed by atoms with Crippen molar-refractivity contribution in [2.24, 2.45) is 0 Å². The molecule has 0 aliphatic carbocycles. The van der Waals surface area contributed by atoms with Crippen LogP contribution in [-0.4, -0.2) is 69.3 Å². The number of pyridine rings is 1. The van der Waals surface area contributed by atoms with E-state index in [1.165, 1.54) is 0 Å². The van der Waals surface area contributed by atoms with Gasteiger partial charge in [0.1, 0.15) is 5.82 Å². The van der Waals surface area contributed by atoms with Crippen LogP contribution in [0.4, 0.5) is 0 Å². The Morgan fingerprint density at radius 1 is 1.21 bits per heavy atom. The minimum atomic E-state index is 0.181. The largest absolute Gasteiger partial charge is 0.504 e. The van der Waals surface area contributed by atoms with Crippen molar-refractivity contribution < 1.29 is 5.11 Å².